The average molecular weight is 191 g/mol. The number of rotatable bonds is 3. The smallest absolute Gasteiger partial charge is 0.154 e. The lowest BCUT2D eigenvalue weighted by Gasteiger charge is -2.29. The van der Waals surface area contributed by atoms with Crippen LogP contribution in [0.5, 0.6) is 0 Å². The van der Waals surface area contributed by atoms with Crippen LogP contribution in [0.2, 0.25) is 0 Å². The first kappa shape index (κ1) is 10.2. The number of piperidine rings is 1. The first-order valence-electron chi connectivity index (χ1n) is 4.48. The van der Waals surface area contributed by atoms with Crippen molar-refractivity contribution in [2.24, 2.45) is 5.92 Å². The highest BCUT2D eigenvalue weighted by Crippen LogP contribution is 2.15. The molecule has 1 aliphatic heterocycles. The van der Waals surface area contributed by atoms with E-state index in [2.05, 4.69) is 11.8 Å². The minimum atomic E-state index is -1.62. The second-order valence-electron chi connectivity index (χ2n) is 3.55. The zero-order valence-corrected chi connectivity index (χ0v) is 8.35. The SMILES string of the molecule is CC1CCN(CCS(=O)O)CC1. The van der Waals surface area contributed by atoms with Crippen LogP contribution in [0.3, 0.4) is 0 Å². The Morgan fingerprint density at radius 3 is 2.58 bits per heavy atom. The molecule has 4 heteroatoms. The standard InChI is InChI=1S/C8H17NO2S/c1-8-2-4-9(5-3-8)6-7-12(10)11/h8H,2-7H2,1H3,(H,10,11). The molecule has 1 heterocycles. The number of hydrogen-bond acceptors (Lipinski definition) is 2. The molecule has 12 heavy (non-hydrogen) atoms. The van der Waals surface area contributed by atoms with E-state index < -0.39 is 11.1 Å². The zero-order chi connectivity index (χ0) is 8.97. The molecule has 1 aliphatic rings. The van der Waals surface area contributed by atoms with E-state index in [4.69, 9.17) is 4.55 Å². The van der Waals surface area contributed by atoms with Gasteiger partial charge < -0.3 is 9.45 Å². The minimum absolute atomic E-state index is 0.397. The summed E-state index contributed by atoms with van der Waals surface area (Å²) in [5.74, 6) is 1.23. The summed E-state index contributed by atoms with van der Waals surface area (Å²) >= 11 is -1.62. The Kier molecular flexibility index (Phi) is 4.18. The van der Waals surface area contributed by atoms with Crippen molar-refractivity contribution in [3.8, 4) is 0 Å². The predicted octanol–water partition coefficient (Wildman–Crippen LogP) is 0.940. The van der Waals surface area contributed by atoms with Gasteiger partial charge in [-0.15, -0.1) is 0 Å². The van der Waals surface area contributed by atoms with Crippen LogP contribution in [0.25, 0.3) is 0 Å². The molecule has 1 fully saturated rings. The van der Waals surface area contributed by atoms with Gasteiger partial charge in [-0.25, -0.2) is 4.21 Å². The van der Waals surface area contributed by atoms with Gasteiger partial charge in [0.1, 0.15) is 0 Å². The van der Waals surface area contributed by atoms with Gasteiger partial charge in [-0.3, -0.25) is 0 Å². The van der Waals surface area contributed by atoms with E-state index in [0.29, 0.717) is 5.75 Å². The topological polar surface area (TPSA) is 40.5 Å². The van der Waals surface area contributed by atoms with Crippen LogP contribution in [0, 0.1) is 5.92 Å². The molecular weight excluding hydrogens is 174 g/mol. The summed E-state index contributed by atoms with van der Waals surface area (Å²) in [4.78, 5) is 2.27. The summed E-state index contributed by atoms with van der Waals surface area (Å²) in [6.45, 7) is 5.23. The summed E-state index contributed by atoms with van der Waals surface area (Å²) in [5.41, 5.74) is 0. The van der Waals surface area contributed by atoms with Crippen LogP contribution in [-0.2, 0) is 11.1 Å². The van der Waals surface area contributed by atoms with E-state index in [-0.39, 0.29) is 0 Å². The Hall–Kier alpha value is 0.0700. The summed E-state index contributed by atoms with van der Waals surface area (Å²) in [6.07, 6.45) is 2.47. The Labute approximate surface area is 76.4 Å². The first-order valence-corrected chi connectivity index (χ1v) is 5.76. The molecule has 1 rings (SSSR count). The molecule has 1 saturated heterocycles. The van der Waals surface area contributed by atoms with Gasteiger partial charge in [0, 0.05) is 6.54 Å². The monoisotopic (exact) mass is 191 g/mol. The molecule has 0 radical (unpaired) electrons. The Bertz CT molecular complexity index is 155. The van der Waals surface area contributed by atoms with Gasteiger partial charge in [0.25, 0.3) is 0 Å². The van der Waals surface area contributed by atoms with Gasteiger partial charge in [0.05, 0.1) is 5.75 Å². The van der Waals surface area contributed by atoms with Crippen molar-refractivity contribution in [2.75, 3.05) is 25.4 Å². The third-order valence-corrected chi connectivity index (χ3v) is 2.99. The van der Waals surface area contributed by atoms with E-state index in [0.717, 1.165) is 25.6 Å². The molecule has 0 amide bonds. The summed E-state index contributed by atoms with van der Waals surface area (Å²) in [6, 6.07) is 0. The van der Waals surface area contributed by atoms with E-state index in [1.807, 2.05) is 0 Å². The maximum Gasteiger partial charge on any atom is 0.154 e. The highest BCUT2D eigenvalue weighted by molar-refractivity contribution is 7.79. The molecule has 0 spiro atoms. The quantitative estimate of drug-likeness (QED) is 0.675. The third-order valence-electron chi connectivity index (χ3n) is 2.46. The molecule has 0 saturated carbocycles. The van der Waals surface area contributed by atoms with E-state index in [9.17, 15) is 4.21 Å². The molecule has 0 bridgehead atoms. The van der Waals surface area contributed by atoms with Gasteiger partial charge in [-0.05, 0) is 31.8 Å². The molecular formula is C8H17NO2S. The maximum atomic E-state index is 10.4. The van der Waals surface area contributed by atoms with Crippen molar-refractivity contribution in [3.63, 3.8) is 0 Å². The fourth-order valence-electron chi connectivity index (χ4n) is 1.49. The molecule has 1 atom stereocenters. The number of hydrogen-bond donors (Lipinski definition) is 1. The Balaban J connectivity index is 2.13. The molecule has 72 valence electrons. The largest absolute Gasteiger partial charge is 0.306 e. The van der Waals surface area contributed by atoms with Crippen LogP contribution in [0.15, 0.2) is 0 Å². The lowest BCUT2D eigenvalue weighted by molar-refractivity contribution is 0.202. The maximum absolute atomic E-state index is 10.4. The van der Waals surface area contributed by atoms with Crippen molar-refractivity contribution in [1.82, 2.24) is 4.90 Å². The third kappa shape index (κ3) is 3.65. The Morgan fingerprint density at radius 1 is 1.50 bits per heavy atom. The minimum Gasteiger partial charge on any atom is -0.306 e. The van der Waals surface area contributed by atoms with Gasteiger partial charge in [0.2, 0.25) is 0 Å². The lowest BCUT2D eigenvalue weighted by atomic mass is 9.99. The van der Waals surface area contributed by atoms with Crippen LogP contribution in [-0.4, -0.2) is 39.0 Å². The van der Waals surface area contributed by atoms with Crippen molar-refractivity contribution < 1.29 is 8.76 Å². The van der Waals surface area contributed by atoms with E-state index in [1.54, 1.807) is 0 Å². The normalized spacial score (nSPS) is 24.2. The second-order valence-corrected chi connectivity index (χ2v) is 4.60. The molecule has 0 aromatic rings. The zero-order valence-electron chi connectivity index (χ0n) is 7.53. The number of likely N-dealkylation sites (tertiary alicyclic amines) is 1. The first-order chi connectivity index (χ1) is 5.68. The van der Waals surface area contributed by atoms with Crippen molar-refractivity contribution >= 4 is 11.1 Å². The predicted molar refractivity (Wildman–Crippen MR) is 50.5 cm³/mol. The fraction of sp³-hybridized carbons (Fsp3) is 1.00. The fourth-order valence-corrected chi connectivity index (χ4v) is 1.91. The second kappa shape index (κ2) is 4.94. The van der Waals surface area contributed by atoms with Crippen LogP contribution >= 0.6 is 0 Å². The molecule has 1 N–H and O–H groups in total. The van der Waals surface area contributed by atoms with Crippen LogP contribution in [0.1, 0.15) is 19.8 Å². The summed E-state index contributed by atoms with van der Waals surface area (Å²) in [7, 11) is 0. The van der Waals surface area contributed by atoms with E-state index in [1.165, 1.54) is 12.8 Å². The molecule has 0 aromatic heterocycles. The van der Waals surface area contributed by atoms with Gasteiger partial charge in [-0.2, -0.15) is 0 Å². The van der Waals surface area contributed by atoms with Crippen molar-refractivity contribution in [3.05, 3.63) is 0 Å². The molecule has 1 unspecified atom stereocenters. The van der Waals surface area contributed by atoms with Crippen LogP contribution < -0.4 is 0 Å². The van der Waals surface area contributed by atoms with Gasteiger partial charge in [-0.1, -0.05) is 6.92 Å². The lowest BCUT2D eigenvalue weighted by Crippen LogP contribution is -2.35. The average Bonchev–Trinajstić information content (AvgIpc) is 2.03. The van der Waals surface area contributed by atoms with Crippen molar-refractivity contribution in [2.45, 2.75) is 19.8 Å². The highest BCUT2D eigenvalue weighted by Gasteiger charge is 2.15. The van der Waals surface area contributed by atoms with E-state index >= 15 is 0 Å². The molecule has 0 aliphatic carbocycles. The number of nitrogens with zero attached hydrogens (tertiary/aromatic N) is 1. The summed E-state index contributed by atoms with van der Waals surface area (Å²) in [5, 5.41) is 0. The van der Waals surface area contributed by atoms with Crippen LogP contribution in [0.4, 0.5) is 0 Å². The molecule has 3 nitrogen and oxygen atoms in total. The summed E-state index contributed by atoms with van der Waals surface area (Å²) < 4.78 is 19.0. The Morgan fingerprint density at radius 2 is 2.08 bits per heavy atom. The molecule has 0 aromatic carbocycles. The van der Waals surface area contributed by atoms with Crippen molar-refractivity contribution in [1.29, 1.82) is 0 Å². The van der Waals surface area contributed by atoms with Gasteiger partial charge in [0.15, 0.2) is 11.1 Å². The highest BCUT2D eigenvalue weighted by atomic mass is 32.2. The van der Waals surface area contributed by atoms with Gasteiger partial charge >= 0.3 is 0 Å².